The van der Waals surface area contributed by atoms with Crippen LogP contribution in [0.2, 0.25) is 0 Å². The van der Waals surface area contributed by atoms with Gasteiger partial charge in [0.05, 0.1) is 25.9 Å². The van der Waals surface area contributed by atoms with Gasteiger partial charge in [-0.15, -0.1) is 0 Å². The van der Waals surface area contributed by atoms with Crippen molar-refractivity contribution < 1.29 is 36.3 Å². The normalized spacial score (nSPS) is 20.6. The van der Waals surface area contributed by atoms with Gasteiger partial charge in [0, 0.05) is 31.8 Å². The molecule has 2 aliphatic rings. The Morgan fingerprint density at radius 3 is 2.45 bits per heavy atom. The Labute approximate surface area is 225 Å². The van der Waals surface area contributed by atoms with Crippen molar-refractivity contribution in [2.45, 2.75) is 58.7 Å². The highest BCUT2D eigenvalue weighted by Gasteiger charge is 2.28. The molecule has 3 heterocycles. The lowest BCUT2D eigenvalue weighted by atomic mass is 10.0. The fourth-order valence-electron chi connectivity index (χ4n) is 4.15. The van der Waals surface area contributed by atoms with E-state index in [4.69, 9.17) is 27.3 Å². The van der Waals surface area contributed by atoms with Gasteiger partial charge in [-0.25, -0.2) is 14.8 Å². The minimum atomic E-state index is -1.65. The number of benzene rings is 1. The zero-order chi connectivity index (χ0) is 27.3. The molecule has 208 valence electrons. The maximum absolute atomic E-state index is 12.3. The summed E-state index contributed by atoms with van der Waals surface area (Å²) in [7, 11) is 1.58. The first-order valence-electron chi connectivity index (χ1n) is 12.6. The summed E-state index contributed by atoms with van der Waals surface area (Å²) in [5, 5.41) is 0. The molecule has 2 aromatic rings. The van der Waals surface area contributed by atoms with Crippen LogP contribution in [0.15, 0.2) is 24.5 Å². The molecule has 0 saturated carbocycles. The summed E-state index contributed by atoms with van der Waals surface area (Å²) in [5.41, 5.74) is 1.15. The van der Waals surface area contributed by atoms with E-state index >= 15 is 0 Å². The zero-order valence-electron chi connectivity index (χ0n) is 22.4. The lowest BCUT2D eigenvalue weighted by molar-refractivity contribution is 0.0122. The number of amides is 1. The molecule has 0 unspecified atom stereocenters. The number of likely N-dealkylation sites (tertiary alicyclic amines) is 1. The molecule has 2 aliphatic heterocycles. The summed E-state index contributed by atoms with van der Waals surface area (Å²) in [6, 6.07) is 5.66. The first-order valence-corrected chi connectivity index (χ1v) is 13.6. The molecule has 0 radical (unpaired) electrons. The summed E-state index contributed by atoms with van der Waals surface area (Å²) in [5.74, 6) is 1.97. The molecule has 4 rings (SSSR count). The number of aromatic nitrogens is 2. The Morgan fingerprint density at radius 2 is 1.79 bits per heavy atom. The second kappa shape index (κ2) is 12.3. The third kappa shape index (κ3) is 7.55. The van der Waals surface area contributed by atoms with E-state index in [1.54, 1.807) is 12.0 Å². The first-order chi connectivity index (χ1) is 18.1. The van der Waals surface area contributed by atoms with Crippen LogP contribution in [0.5, 0.6) is 23.3 Å². The molecule has 1 aromatic carbocycles. The molecule has 0 atom stereocenters. The number of methoxy groups -OCH3 is 1. The van der Waals surface area contributed by atoms with Crippen molar-refractivity contribution in [1.29, 1.82) is 0 Å². The van der Waals surface area contributed by atoms with E-state index in [9.17, 15) is 9.00 Å². The predicted molar refractivity (Wildman–Crippen MR) is 139 cm³/mol. The van der Waals surface area contributed by atoms with Crippen molar-refractivity contribution in [3.05, 3.63) is 35.7 Å². The van der Waals surface area contributed by atoms with Crippen LogP contribution in [0.4, 0.5) is 4.79 Å². The van der Waals surface area contributed by atoms with Crippen LogP contribution >= 0.6 is 0 Å². The highest BCUT2D eigenvalue weighted by molar-refractivity contribution is 7.75. The molecule has 2 saturated heterocycles. The van der Waals surface area contributed by atoms with E-state index in [2.05, 4.69) is 9.97 Å². The molecule has 0 bridgehead atoms. The molecule has 1 aromatic heterocycles. The van der Waals surface area contributed by atoms with Crippen molar-refractivity contribution >= 4 is 17.5 Å². The van der Waals surface area contributed by atoms with E-state index in [0.717, 1.165) is 5.56 Å². The summed E-state index contributed by atoms with van der Waals surface area (Å²) in [6.07, 6.45) is 3.03. The maximum atomic E-state index is 12.3. The number of nitrogens with zero attached hydrogens (tertiary/aromatic N) is 3. The van der Waals surface area contributed by atoms with Gasteiger partial charge in [-0.1, -0.05) is 6.07 Å². The number of hydrogen-bond donors (Lipinski definition) is 0. The van der Waals surface area contributed by atoms with Gasteiger partial charge in [0.2, 0.25) is 11.8 Å². The maximum Gasteiger partial charge on any atom is 0.410 e. The number of rotatable bonds is 7. The average Bonchev–Trinajstić information content (AvgIpc) is 2.88. The lowest BCUT2D eigenvalue weighted by Crippen LogP contribution is -2.44. The largest absolute Gasteiger partial charge is 0.493 e. The van der Waals surface area contributed by atoms with Gasteiger partial charge in [-0.05, 0) is 51.8 Å². The molecule has 0 aliphatic carbocycles. The number of piperidine rings is 1. The van der Waals surface area contributed by atoms with Crippen LogP contribution in [0, 0.1) is 12.8 Å². The number of carbonyl (C=O) groups excluding carboxylic acids is 1. The average molecular weight is 550 g/mol. The molecular weight excluding hydrogens is 514 g/mol. The fraction of sp³-hybridized carbons (Fsp3) is 0.577. The topological polar surface area (TPSA) is 119 Å². The van der Waals surface area contributed by atoms with Crippen LogP contribution in [-0.4, -0.2) is 70.3 Å². The molecule has 11 nitrogen and oxygen atoms in total. The van der Waals surface area contributed by atoms with Crippen LogP contribution in [0.3, 0.4) is 0 Å². The molecule has 2 fully saturated rings. The van der Waals surface area contributed by atoms with Crippen LogP contribution in [-0.2, 0) is 30.9 Å². The van der Waals surface area contributed by atoms with E-state index in [1.807, 2.05) is 45.9 Å². The van der Waals surface area contributed by atoms with Crippen molar-refractivity contribution in [3.8, 4) is 23.3 Å². The minimum absolute atomic E-state index is 0.0888. The van der Waals surface area contributed by atoms with Gasteiger partial charge in [-0.2, -0.15) is 4.21 Å². The third-order valence-corrected chi connectivity index (χ3v) is 6.78. The van der Waals surface area contributed by atoms with E-state index < -0.39 is 17.0 Å². The Balaban J connectivity index is 1.37. The Morgan fingerprint density at radius 1 is 1.11 bits per heavy atom. The standard InChI is InChI=1S/C26H35N3O8S/c1-17-23(35-20-8-10-29(11-9-20)25(30)37-26(2,3)4)27-16-28-24(17)36-21-7-6-18(13-22(21)32-5)12-19-14-33-38(31)34-15-19/h6-7,13,16,19-20H,8-12,14-15H2,1-5H3. The van der Waals surface area contributed by atoms with Crippen molar-refractivity contribution in [2.75, 3.05) is 33.4 Å². The highest BCUT2D eigenvalue weighted by Crippen LogP contribution is 2.35. The number of ether oxygens (including phenoxy) is 4. The lowest BCUT2D eigenvalue weighted by Gasteiger charge is -2.33. The van der Waals surface area contributed by atoms with Gasteiger partial charge in [0.15, 0.2) is 11.5 Å². The van der Waals surface area contributed by atoms with Gasteiger partial charge in [-0.3, -0.25) is 8.37 Å². The van der Waals surface area contributed by atoms with Crippen LogP contribution in [0.1, 0.15) is 44.7 Å². The highest BCUT2D eigenvalue weighted by atomic mass is 32.2. The van der Waals surface area contributed by atoms with Crippen LogP contribution in [0.25, 0.3) is 0 Å². The van der Waals surface area contributed by atoms with E-state index in [-0.39, 0.29) is 18.1 Å². The van der Waals surface area contributed by atoms with E-state index in [0.29, 0.717) is 74.4 Å². The molecule has 0 N–H and O–H groups in total. The first kappa shape index (κ1) is 28.1. The smallest absolute Gasteiger partial charge is 0.410 e. The molecule has 0 spiro atoms. The SMILES string of the molecule is COc1cc(CC2COS(=O)OC2)ccc1Oc1ncnc(OC2CCN(C(=O)OC(C)(C)C)CC2)c1C. The van der Waals surface area contributed by atoms with Crippen molar-refractivity contribution in [1.82, 2.24) is 14.9 Å². The number of hydrogen-bond acceptors (Lipinski definition) is 10. The van der Waals surface area contributed by atoms with Gasteiger partial charge in [0.25, 0.3) is 0 Å². The quantitative estimate of drug-likeness (QED) is 0.498. The van der Waals surface area contributed by atoms with Crippen LogP contribution < -0.4 is 14.2 Å². The Hall–Kier alpha value is -2.96. The Kier molecular flexibility index (Phi) is 9.06. The molecule has 38 heavy (non-hydrogen) atoms. The molecule has 12 heteroatoms. The summed E-state index contributed by atoms with van der Waals surface area (Å²) in [6.45, 7) is 9.25. The summed E-state index contributed by atoms with van der Waals surface area (Å²) < 4.78 is 44.7. The minimum Gasteiger partial charge on any atom is -0.493 e. The second-order valence-corrected chi connectivity index (χ2v) is 11.2. The summed E-state index contributed by atoms with van der Waals surface area (Å²) in [4.78, 5) is 22.6. The third-order valence-electron chi connectivity index (χ3n) is 6.12. The van der Waals surface area contributed by atoms with Gasteiger partial charge >= 0.3 is 17.5 Å². The predicted octanol–water partition coefficient (Wildman–Crippen LogP) is 4.15. The summed E-state index contributed by atoms with van der Waals surface area (Å²) >= 11 is -1.65. The van der Waals surface area contributed by atoms with Crippen molar-refractivity contribution in [3.63, 3.8) is 0 Å². The molecular formula is C26H35N3O8S. The van der Waals surface area contributed by atoms with Crippen molar-refractivity contribution in [2.24, 2.45) is 5.92 Å². The fourth-order valence-corrected chi connectivity index (χ4v) is 4.82. The molecule has 1 amide bonds. The number of carbonyl (C=O) groups is 1. The van der Waals surface area contributed by atoms with Gasteiger partial charge < -0.3 is 23.8 Å². The van der Waals surface area contributed by atoms with E-state index in [1.165, 1.54) is 6.33 Å². The Bertz CT molecular complexity index is 1140. The zero-order valence-corrected chi connectivity index (χ0v) is 23.2. The monoisotopic (exact) mass is 549 g/mol. The van der Waals surface area contributed by atoms with Gasteiger partial charge in [0.1, 0.15) is 18.0 Å². The second-order valence-electron chi connectivity index (χ2n) is 10.3.